The quantitative estimate of drug-likeness (QED) is 0.305. The molecule has 0 aliphatic heterocycles. The third kappa shape index (κ3) is 15.4. The van der Waals surface area contributed by atoms with Crippen molar-refractivity contribution in [3.05, 3.63) is 12.2 Å². The van der Waals surface area contributed by atoms with E-state index in [1.54, 1.807) is 6.08 Å². The van der Waals surface area contributed by atoms with Gasteiger partial charge in [0.2, 0.25) is 0 Å². The summed E-state index contributed by atoms with van der Waals surface area (Å²) in [5, 5.41) is 8.46. The van der Waals surface area contributed by atoms with Gasteiger partial charge in [-0.2, -0.15) is 0 Å². The predicted molar refractivity (Wildman–Crippen MR) is 91.6 cm³/mol. The second-order valence-corrected chi connectivity index (χ2v) is 6.64. The van der Waals surface area contributed by atoms with Crippen molar-refractivity contribution in [1.82, 2.24) is 0 Å². The third-order valence-corrected chi connectivity index (χ3v) is 4.42. The van der Waals surface area contributed by atoms with Crippen LogP contribution in [0.3, 0.4) is 0 Å². The Kier molecular flexibility index (Phi) is 13.6. The van der Waals surface area contributed by atoms with Gasteiger partial charge in [-0.3, -0.25) is 0 Å². The third-order valence-electron chi connectivity index (χ3n) is 4.42. The van der Waals surface area contributed by atoms with Gasteiger partial charge in [-0.15, -0.1) is 0 Å². The average molecular weight is 296 g/mol. The standard InChI is InChI=1S/C19H36O2/c1-4-17(2)14-12-15-18(3)13-10-8-6-5-7-9-11-16-19(20)21/h11,16-18H,4-10,12-15H2,1-3H3,(H,20,21). The average Bonchev–Trinajstić information content (AvgIpc) is 2.44. The molecular weight excluding hydrogens is 260 g/mol. The van der Waals surface area contributed by atoms with Gasteiger partial charge in [0.1, 0.15) is 0 Å². The molecule has 124 valence electrons. The summed E-state index contributed by atoms with van der Waals surface area (Å²) in [5.74, 6) is 0.942. The van der Waals surface area contributed by atoms with Crippen molar-refractivity contribution < 1.29 is 9.90 Å². The van der Waals surface area contributed by atoms with Crippen molar-refractivity contribution in [2.75, 3.05) is 0 Å². The highest BCUT2D eigenvalue weighted by atomic mass is 16.4. The molecule has 0 aromatic rings. The Hall–Kier alpha value is -0.790. The molecule has 2 heteroatoms. The van der Waals surface area contributed by atoms with Gasteiger partial charge in [-0.05, 0) is 24.7 Å². The summed E-state index contributed by atoms with van der Waals surface area (Å²) in [6.45, 7) is 7.04. The summed E-state index contributed by atoms with van der Waals surface area (Å²) in [6.07, 6.45) is 17.1. The minimum absolute atomic E-state index is 0.836. The Labute approximate surface area is 132 Å². The molecule has 0 spiro atoms. The van der Waals surface area contributed by atoms with E-state index in [0.29, 0.717) is 0 Å². The van der Waals surface area contributed by atoms with Gasteiger partial charge in [0.05, 0.1) is 0 Å². The van der Waals surface area contributed by atoms with E-state index in [9.17, 15) is 4.79 Å². The van der Waals surface area contributed by atoms with Gasteiger partial charge in [0.25, 0.3) is 0 Å². The van der Waals surface area contributed by atoms with Gasteiger partial charge in [0.15, 0.2) is 0 Å². The van der Waals surface area contributed by atoms with Gasteiger partial charge >= 0.3 is 5.97 Å². The van der Waals surface area contributed by atoms with Gasteiger partial charge < -0.3 is 5.11 Å². The van der Waals surface area contributed by atoms with Crippen LogP contribution >= 0.6 is 0 Å². The van der Waals surface area contributed by atoms with Crippen LogP contribution < -0.4 is 0 Å². The first-order chi connectivity index (χ1) is 10.1. The Bertz CT molecular complexity index is 271. The van der Waals surface area contributed by atoms with Crippen molar-refractivity contribution in [3.8, 4) is 0 Å². The number of unbranched alkanes of at least 4 members (excludes halogenated alkanes) is 5. The summed E-state index contributed by atoms with van der Waals surface area (Å²) in [4.78, 5) is 10.3. The zero-order valence-corrected chi connectivity index (χ0v) is 14.4. The van der Waals surface area contributed by atoms with Crippen LogP contribution in [0.5, 0.6) is 0 Å². The molecule has 2 atom stereocenters. The second kappa shape index (κ2) is 14.2. The molecule has 0 amide bonds. The van der Waals surface area contributed by atoms with Crippen molar-refractivity contribution in [2.24, 2.45) is 11.8 Å². The van der Waals surface area contributed by atoms with Crippen LogP contribution in [-0.2, 0) is 4.79 Å². The van der Waals surface area contributed by atoms with E-state index in [1.807, 2.05) is 0 Å². The van der Waals surface area contributed by atoms with Crippen LogP contribution in [-0.4, -0.2) is 11.1 Å². The number of hydrogen-bond donors (Lipinski definition) is 1. The van der Waals surface area contributed by atoms with Crippen molar-refractivity contribution in [1.29, 1.82) is 0 Å². The molecule has 0 aromatic carbocycles. The molecule has 1 N–H and O–H groups in total. The Morgan fingerprint density at radius 1 is 0.905 bits per heavy atom. The Morgan fingerprint density at radius 2 is 1.48 bits per heavy atom. The van der Waals surface area contributed by atoms with Crippen LogP contribution in [0.2, 0.25) is 0 Å². The van der Waals surface area contributed by atoms with E-state index in [-0.39, 0.29) is 0 Å². The number of carboxylic acids is 1. The lowest BCUT2D eigenvalue weighted by Gasteiger charge is -2.13. The molecule has 0 saturated heterocycles. The summed E-state index contributed by atoms with van der Waals surface area (Å²) >= 11 is 0. The van der Waals surface area contributed by atoms with Crippen molar-refractivity contribution in [3.63, 3.8) is 0 Å². The molecular formula is C19H36O2. The van der Waals surface area contributed by atoms with Crippen molar-refractivity contribution >= 4 is 5.97 Å². The lowest BCUT2D eigenvalue weighted by molar-refractivity contribution is -0.131. The molecule has 0 radical (unpaired) electrons. The lowest BCUT2D eigenvalue weighted by Crippen LogP contribution is -1.98. The minimum Gasteiger partial charge on any atom is -0.478 e. The molecule has 2 unspecified atom stereocenters. The van der Waals surface area contributed by atoms with Crippen LogP contribution in [0.15, 0.2) is 12.2 Å². The maximum atomic E-state index is 10.3. The first-order valence-corrected chi connectivity index (χ1v) is 8.95. The van der Waals surface area contributed by atoms with Gasteiger partial charge in [-0.25, -0.2) is 4.79 Å². The van der Waals surface area contributed by atoms with E-state index in [4.69, 9.17) is 5.11 Å². The SMILES string of the molecule is CCC(C)CCCC(C)CCCCCCCC=CC(=O)O. The highest BCUT2D eigenvalue weighted by molar-refractivity contribution is 5.79. The lowest BCUT2D eigenvalue weighted by atomic mass is 9.93. The topological polar surface area (TPSA) is 37.3 Å². The molecule has 2 nitrogen and oxygen atoms in total. The zero-order valence-electron chi connectivity index (χ0n) is 14.4. The number of carboxylic acid groups (broad SMARTS) is 1. The highest BCUT2D eigenvalue weighted by Gasteiger charge is 2.04. The van der Waals surface area contributed by atoms with E-state index in [2.05, 4.69) is 20.8 Å². The highest BCUT2D eigenvalue weighted by Crippen LogP contribution is 2.19. The molecule has 21 heavy (non-hydrogen) atoms. The fraction of sp³-hybridized carbons (Fsp3) is 0.842. The number of hydrogen-bond acceptors (Lipinski definition) is 1. The van der Waals surface area contributed by atoms with E-state index in [1.165, 1.54) is 63.9 Å². The molecule has 0 fully saturated rings. The van der Waals surface area contributed by atoms with Crippen LogP contribution in [0.4, 0.5) is 0 Å². The maximum absolute atomic E-state index is 10.3. The van der Waals surface area contributed by atoms with Crippen LogP contribution in [0.25, 0.3) is 0 Å². The fourth-order valence-electron chi connectivity index (χ4n) is 2.63. The molecule has 0 rings (SSSR count). The number of aliphatic carboxylic acids is 1. The first-order valence-electron chi connectivity index (χ1n) is 8.95. The second-order valence-electron chi connectivity index (χ2n) is 6.64. The smallest absolute Gasteiger partial charge is 0.327 e. The van der Waals surface area contributed by atoms with E-state index >= 15 is 0 Å². The molecule has 0 aromatic heterocycles. The molecule has 0 heterocycles. The van der Waals surface area contributed by atoms with Crippen molar-refractivity contribution in [2.45, 2.75) is 91.4 Å². The van der Waals surface area contributed by atoms with Gasteiger partial charge in [0, 0.05) is 6.08 Å². The molecule has 0 bridgehead atoms. The Morgan fingerprint density at radius 3 is 2.14 bits per heavy atom. The molecule has 0 aliphatic rings. The summed E-state index contributed by atoms with van der Waals surface area (Å²) in [7, 11) is 0. The number of carbonyl (C=O) groups is 1. The predicted octanol–water partition coefficient (Wildman–Crippen LogP) is 6.21. The van der Waals surface area contributed by atoms with Crippen LogP contribution in [0, 0.1) is 11.8 Å². The number of rotatable bonds is 14. The van der Waals surface area contributed by atoms with Gasteiger partial charge in [-0.1, -0.05) is 84.6 Å². The maximum Gasteiger partial charge on any atom is 0.327 e. The summed E-state index contributed by atoms with van der Waals surface area (Å²) < 4.78 is 0. The number of allylic oxidation sites excluding steroid dienone is 1. The monoisotopic (exact) mass is 296 g/mol. The Balaban J connectivity index is 3.28. The first kappa shape index (κ1) is 20.2. The summed E-state index contributed by atoms with van der Waals surface area (Å²) in [5.41, 5.74) is 0. The largest absolute Gasteiger partial charge is 0.478 e. The fourth-order valence-corrected chi connectivity index (χ4v) is 2.63. The van der Waals surface area contributed by atoms with E-state index < -0.39 is 5.97 Å². The minimum atomic E-state index is -0.836. The van der Waals surface area contributed by atoms with E-state index in [0.717, 1.165) is 24.7 Å². The van der Waals surface area contributed by atoms with Crippen LogP contribution in [0.1, 0.15) is 91.4 Å². The molecule has 0 aliphatic carbocycles. The zero-order chi connectivity index (χ0) is 15.9. The summed E-state index contributed by atoms with van der Waals surface area (Å²) in [6, 6.07) is 0. The normalized spacial score (nSPS) is 14.4. The molecule has 0 saturated carbocycles.